The van der Waals surface area contributed by atoms with Gasteiger partial charge in [0.05, 0.1) is 26.4 Å². The van der Waals surface area contributed by atoms with Crippen molar-refractivity contribution in [2.24, 2.45) is 0 Å². The van der Waals surface area contributed by atoms with E-state index in [0.29, 0.717) is 0 Å². The number of epoxide rings is 2. The summed E-state index contributed by atoms with van der Waals surface area (Å²) in [5.74, 6) is 0. The van der Waals surface area contributed by atoms with Crippen molar-refractivity contribution in [3.63, 3.8) is 0 Å². The molecule has 10 heteroatoms. The third kappa shape index (κ3) is 4.29. The van der Waals surface area contributed by atoms with Gasteiger partial charge in [0.1, 0.15) is 12.2 Å². The Hall–Kier alpha value is -1.36. The molecule has 4 nitrogen and oxygen atoms in total. The molecule has 1 aromatic carbocycles. The number of ether oxygens (including phenoxy) is 4. The number of rotatable bonds is 8. The van der Waals surface area contributed by atoms with E-state index in [1.165, 1.54) is 0 Å². The highest BCUT2D eigenvalue weighted by atomic mass is 19.4. The zero-order valence-corrected chi connectivity index (χ0v) is 15.2. The van der Waals surface area contributed by atoms with Crippen molar-refractivity contribution in [3.8, 4) is 0 Å². The average molecular weight is 414 g/mol. The Labute approximate surface area is 157 Å². The minimum Gasteiger partial charge on any atom is -0.371 e. The molecule has 0 N–H and O–H groups in total. The lowest BCUT2D eigenvalue weighted by molar-refractivity contribution is -0.281. The monoisotopic (exact) mass is 414 g/mol. The molecule has 2 fully saturated rings. The standard InChI is InChI=1S/C18H20F6O4/c1-15(17(19,20)21,27-9-13-7-25-13)11-4-3-5-12(6-11)16(2,18(22,23)24)28-10-14-8-26-14/h3-6,13-14H,7-10H2,1-2H3. The zero-order chi connectivity index (χ0) is 20.8. The molecular weight excluding hydrogens is 394 g/mol. The van der Waals surface area contributed by atoms with E-state index >= 15 is 0 Å². The molecule has 28 heavy (non-hydrogen) atoms. The summed E-state index contributed by atoms with van der Waals surface area (Å²) in [6.45, 7) is 1.53. The molecule has 0 aromatic heterocycles. The summed E-state index contributed by atoms with van der Waals surface area (Å²) in [7, 11) is 0. The Bertz CT molecular complexity index is 643. The molecule has 158 valence electrons. The Kier molecular flexibility index (Phi) is 5.46. The summed E-state index contributed by atoms with van der Waals surface area (Å²) >= 11 is 0. The topological polar surface area (TPSA) is 43.5 Å². The minimum atomic E-state index is -4.85. The Morgan fingerprint density at radius 3 is 1.46 bits per heavy atom. The summed E-state index contributed by atoms with van der Waals surface area (Å²) in [5.41, 5.74) is -6.47. The summed E-state index contributed by atoms with van der Waals surface area (Å²) in [6, 6.07) is 4.15. The molecule has 2 aliphatic rings. The molecule has 0 amide bonds. The fraction of sp³-hybridized carbons (Fsp3) is 0.667. The SMILES string of the molecule is CC(OCC1CO1)(c1cccc(C(C)(OCC2CO2)C(F)(F)F)c1)C(F)(F)F. The lowest BCUT2D eigenvalue weighted by atomic mass is 9.88. The van der Waals surface area contributed by atoms with Crippen molar-refractivity contribution in [3.05, 3.63) is 35.4 Å². The Morgan fingerprint density at radius 1 is 0.821 bits per heavy atom. The number of hydrogen-bond acceptors (Lipinski definition) is 4. The fourth-order valence-corrected chi connectivity index (χ4v) is 2.62. The largest absolute Gasteiger partial charge is 0.421 e. The summed E-state index contributed by atoms with van der Waals surface area (Å²) in [5, 5.41) is 0. The maximum absolute atomic E-state index is 13.7. The van der Waals surface area contributed by atoms with Gasteiger partial charge in [-0.2, -0.15) is 26.3 Å². The summed E-state index contributed by atoms with van der Waals surface area (Å²) < 4.78 is 102. The van der Waals surface area contributed by atoms with Crippen LogP contribution in [0.3, 0.4) is 0 Å². The van der Waals surface area contributed by atoms with Gasteiger partial charge in [-0.25, -0.2) is 0 Å². The van der Waals surface area contributed by atoms with Crippen molar-refractivity contribution in [1.82, 2.24) is 0 Å². The van der Waals surface area contributed by atoms with Gasteiger partial charge in [0.2, 0.25) is 0 Å². The minimum absolute atomic E-state index is 0.289. The van der Waals surface area contributed by atoms with E-state index in [1.807, 2.05) is 0 Å². The molecule has 0 spiro atoms. The quantitative estimate of drug-likeness (QED) is 0.475. The number of benzene rings is 1. The second kappa shape index (κ2) is 7.16. The molecule has 0 bridgehead atoms. The number of hydrogen-bond donors (Lipinski definition) is 0. The maximum atomic E-state index is 13.7. The zero-order valence-electron chi connectivity index (χ0n) is 15.2. The van der Waals surface area contributed by atoms with Crippen molar-refractivity contribution in [2.75, 3.05) is 26.4 Å². The second-order valence-corrected chi connectivity index (χ2v) is 7.18. The second-order valence-electron chi connectivity index (χ2n) is 7.18. The highest BCUT2D eigenvalue weighted by Crippen LogP contribution is 2.46. The average Bonchev–Trinajstić information content (AvgIpc) is 3.50. The van der Waals surface area contributed by atoms with Crippen LogP contribution >= 0.6 is 0 Å². The first-order chi connectivity index (χ1) is 12.9. The normalized spacial score (nSPS) is 26.4. The Balaban J connectivity index is 1.94. The molecule has 0 aliphatic carbocycles. The van der Waals surface area contributed by atoms with E-state index in [9.17, 15) is 26.3 Å². The molecule has 4 atom stereocenters. The van der Waals surface area contributed by atoms with E-state index in [-0.39, 0.29) is 26.4 Å². The van der Waals surface area contributed by atoms with Gasteiger partial charge in [0.25, 0.3) is 0 Å². The van der Waals surface area contributed by atoms with Crippen LogP contribution in [0, 0.1) is 0 Å². The molecule has 0 radical (unpaired) electrons. The van der Waals surface area contributed by atoms with Gasteiger partial charge in [0, 0.05) is 0 Å². The smallest absolute Gasteiger partial charge is 0.371 e. The van der Waals surface area contributed by atoms with Gasteiger partial charge in [0.15, 0.2) is 11.2 Å². The highest BCUT2D eigenvalue weighted by molar-refractivity contribution is 5.33. The van der Waals surface area contributed by atoms with Gasteiger partial charge in [-0.3, -0.25) is 0 Å². The first-order valence-electron chi connectivity index (χ1n) is 8.62. The van der Waals surface area contributed by atoms with Gasteiger partial charge in [-0.1, -0.05) is 18.2 Å². The Morgan fingerprint density at radius 2 is 1.18 bits per heavy atom. The molecule has 1 aromatic rings. The molecular formula is C18H20F6O4. The van der Waals surface area contributed by atoms with Crippen LogP contribution in [0.4, 0.5) is 26.3 Å². The van der Waals surface area contributed by atoms with Crippen LogP contribution in [-0.2, 0) is 30.1 Å². The molecule has 4 unspecified atom stereocenters. The van der Waals surface area contributed by atoms with Crippen molar-refractivity contribution < 1.29 is 45.3 Å². The molecule has 2 saturated heterocycles. The summed E-state index contributed by atoms with van der Waals surface area (Å²) in [6.07, 6.45) is -10.6. The van der Waals surface area contributed by atoms with Gasteiger partial charge >= 0.3 is 12.4 Å². The van der Waals surface area contributed by atoms with E-state index in [1.54, 1.807) is 0 Å². The fourth-order valence-electron chi connectivity index (χ4n) is 2.62. The van der Waals surface area contributed by atoms with E-state index < -0.39 is 46.9 Å². The third-order valence-electron chi connectivity index (χ3n) is 4.97. The summed E-state index contributed by atoms with van der Waals surface area (Å²) in [4.78, 5) is 0. The molecule has 0 saturated carbocycles. The van der Waals surface area contributed by atoms with Gasteiger partial charge < -0.3 is 18.9 Å². The number of alkyl halides is 6. The van der Waals surface area contributed by atoms with Crippen molar-refractivity contribution in [1.29, 1.82) is 0 Å². The number of halogens is 6. The van der Waals surface area contributed by atoms with Crippen LogP contribution in [0.5, 0.6) is 0 Å². The van der Waals surface area contributed by atoms with Crippen LogP contribution in [-0.4, -0.2) is 51.0 Å². The lowest BCUT2D eigenvalue weighted by Crippen LogP contribution is -2.45. The molecule has 3 rings (SSSR count). The van der Waals surface area contributed by atoms with E-state index in [2.05, 4.69) is 0 Å². The van der Waals surface area contributed by atoms with Crippen LogP contribution in [0.2, 0.25) is 0 Å². The van der Waals surface area contributed by atoms with Crippen LogP contribution in [0.1, 0.15) is 25.0 Å². The van der Waals surface area contributed by atoms with Crippen molar-refractivity contribution >= 4 is 0 Å². The third-order valence-corrected chi connectivity index (χ3v) is 4.97. The van der Waals surface area contributed by atoms with Crippen LogP contribution in [0.25, 0.3) is 0 Å². The first-order valence-corrected chi connectivity index (χ1v) is 8.62. The van der Waals surface area contributed by atoms with Crippen molar-refractivity contribution in [2.45, 2.75) is 49.6 Å². The maximum Gasteiger partial charge on any atom is 0.421 e. The predicted octanol–water partition coefficient (Wildman–Crippen LogP) is 4.07. The lowest BCUT2D eigenvalue weighted by Gasteiger charge is -2.36. The van der Waals surface area contributed by atoms with Gasteiger partial charge in [-0.15, -0.1) is 0 Å². The molecule has 2 heterocycles. The predicted molar refractivity (Wildman–Crippen MR) is 84.6 cm³/mol. The molecule has 2 aliphatic heterocycles. The van der Waals surface area contributed by atoms with Crippen LogP contribution in [0.15, 0.2) is 24.3 Å². The highest BCUT2D eigenvalue weighted by Gasteiger charge is 2.57. The van der Waals surface area contributed by atoms with E-state index in [4.69, 9.17) is 18.9 Å². The van der Waals surface area contributed by atoms with Crippen LogP contribution < -0.4 is 0 Å². The van der Waals surface area contributed by atoms with E-state index in [0.717, 1.165) is 38.1 Å². The van der Waals surface area contributed by atoms with Gasteiger partial charge in [-0.05, 0) is 31.0 Å². The first kappa shape index (κ1) is 21.4.